The largest absolute Gasteiger partial charge is 0.481 e. The highest BCUT2D eigenvalue weighted by molar-refractivity contribution is 5.84. The lowest BCUT2D eigenvalue weighted by Crippen LogP contribution is -2.43. The summed E-state index contributed by atoms with van der Waals surface area (Å²) in [6, 6.07) is 8.24. The number of carbonyl (C=O) groups is 2. The molecule has 2 atom stereocenters. The zero-order chi connectivity index (χ0) is 17.0. The maximum Gasteiger partial charge on any atom is 0.308 e. The number of likely N-dealkylation sites (tertiary alicyclic amines) is 1. The average Bonchev–Trinajstić information content (AvgIpc) is 2.53. The summed E-state index contributed by atoms with van der Waals surface area (Å²) in [6.45, 7) is 7.29. The Kier molecular flexibility index (Phi) is 5.80. The zero-order valence-electron chi connectivity index (χ0n) is 14.3. The van der Waals surface area contributed by atoms with E-state index in [0.717, 1.165) is 18.4 Å². The first-order chi connectivity index (χ1) is 10.9. The van der Waals surface area contributed by atoms with Gasteiger partial charge in [0.1, 0.15) is 0 Å². The van der Waals surface area contributed by atoms with Gasteiger partial charge in [0, 0.05) is 13.1 Å². The highest BCUT2D eigenvalue weighted by Crippen LogP contribution is 2.24. The topological polar surface area (TPSA) is 57.6 Å². The summed E-state index contributed by atoms with van der Waals surface area (Å²) >= 11 is 0. The fraction of sp³-hybridized carbons (Fsp3) is 0.579. The molecule has 0 spiro atoms. The van der Waals surface area contributed by atoms with Crippen LogP contribution in [0.4, 0.5) is 0 Å². The number of rotatable bonds is 5. The molecule has 126 valence electrons. The fourth-order valence-electron chi connectivity index (χ4n) is 3.21. The van der Waals surface area contributed by atoms with Crippen LogP contribution >= 0.6 is 0 Å². The minimum atomic E-state index is -0.798. The van der Waals surface area contributed by atoms with E-state index in [4.69, 9.17) is 5.11 Å². The van der Waals surface area contributed by atoms with Crippen LogP contribution in [0.25, 0.3) is 0 Å². The Balaban J connectivity index is 2.02. The molecule has 1 aromatic carbocycles. The number of carbonyl (C=O) groups excluding carboxylic acids is 1. The second kappa shape index (κ2) is 7.62. The summed E-state index contributed by atoms with van der Waals surface area (Å²) in [4.78, 5) is 25.5. The predicted octanol–water partition coefficient (Wildman–Crippen LogP) is 3.31. The molecule has 0 aromatic heterocycles. The van der Waals surface area contributed by atoms with Gasteiger partial charge in [-0.1, -0.05) is 38.1 Å². The number of benzene rings is 1. The quantitative estimate of drug-likeness (QED) is 0.906. The van der Waals surface area contributed by atoms with Crippen molar-refractivity contribution in [3.63, 3.8) is 0 Å². The molecule has 2 unspecified atom stereocenters. The van der Waals surface area contributed by atoms with Gasteiger partial charge in [0.05, 0.1) is 11.8 Å². The van der Waals surface area contributed by atoms with Gasteiger partial charge in [0.2, 0.25) is 5.91 Å². The summed E-state index contributed by atoms with van der Waals surface area (Å²) < 4.78 is 0. The van der Waals surface area contributed by atoms with Gasteiger partial charge in [0.25, 0.3) is 0 Å². The molecule has 4 nitrogen and oxygen atoms in total. The summed E-state index contributed by atoms with van der Waals surface area (Å²) in [6.07, 6.45) is 2.47. The number of aliphatic carboxylic acids is 1. The van der Waals surface area contributed by atoms with Gasteiger partial charge in [-0.05, 0) is 43.2 Å². The van der Waals surface area contributed by atoms with Gasteiger partial charge < -0.3 is 10.0 Å². The monoisotopic (exact) mass is 317 g/mol. The summed E-state index contributed by atoms with van der Waals surface area (Å²) in [5.74, 6) is -0.800. The van der Waals surface area contributed by atoms with Crippen LogP contribution in [-0.4, -0.2) is 35.0 Å². The number of nitrogens with zero attached hydrogens (tertiary/aromatic N) is 1. The number of carboxylic acids is 1. The van der Waals surface area contributed by atoms with Gasteiger partial charge in [-0.25, -0.2) is 0 Å². The fourth-order valence-corrected chi connectivity index (χ4v) is 3.21. The third-order valence-electron chi connectivity index (χ3n) is 4.58. The smallest absolute Gasteiger partial charge is 0.308 e. The highest BCUT2D eigenvalue weighted by Gasteiger charge is 2.30. The molecule has 1 aliphatic heterocycles. The molecular weight excluding hydrogens is 290 g/mol. The Labute approximate surface area is 138 Å². The number of hydrogen-bond donors (Lipinski definition) is 1. The van der Waals surface area contributed by atoms with Crippen LogP contribution in [0.3, 0.4) is 0 Å². The molecule has 4 heteroatoms. The second-order valence-corrected chi connectivity index (χ2v) is 7.02. The average molecular weight is 317 g/mol. The van der Waals surface area contributed by atoms with E-state index in [9.17, 15) is 9.59 Å². The molecule has 1 fully saturated rings. The molecule has 1 saturated heterocycles. The number of carboxylic acid groups (broad SMARTS) is 1. The Morgan fingerprint density at radius 2 is 1.87 bits per heavy atom. The number of hydrogen-bond acceptors (Lipinski definition) is 2. The van der Waals surface area contributed by atoms with Crippen LogP contribution in [-0.2, 0) is 16.0 Å². The number of amides is 1. The number of piperidine rings is 1. The molecular formula is C19H27NO3. The molecule has 23 heavy (non-hydrogen) atoms. The molecule has 0 saturated carbocycles. The lowest BCUT2D eigenvalue weighted by molar-refractivity contribution is -0.146. The van der Waals surface area contributed by atoms with Crippen molar-refractivity contribution in [2.75, 3.05) is 13.1 Å². The third-order valence-corrected chi connectivity index (χ3v) is 4.58. The third kappa shape index (κ3) is 4.57. The minimum absolute atomic E-state index is 0.0348. The molecule has 1 aromatic rings. The molecule has 0 radical (unpaired) electrons. The SMILES string of the molecule is CC(C)Cc1ccc(C(C)C(=O)N2CCCC(C(=O)O)C2)cc1. The van der Waals surface area contributed by atoms with Crippen molar-refractivity contribution in [3.05, 3.63) is 35.4 Å². The first-order valence-electron chi connectivity index (χ1n) is 8.49. The van der Waals surface area contributed by atoms with Crippen molar-refractivity contribution in [1.29, 1.82) is 0 Å². The van der Waals surface area contributed by atoms with Gasteiger partial charge in [-0.3, -0.25) is 9.59 Å². The van der Waals surface area contributed by atoms with E-state index < -0.39 is 11.9 Å². The van der Waals surface area contributed by atoms with Gasteiger partial charge in [-0.15, -0.1) is 0 Å². The standard InChI is InChI=1S/C19H27NO3/c1-13(2)11-15-6-8-16(9-7-15)14(3)18(21)20-10-4-5-17(12-20)19(22)23/h6-9,13-14,17H,4-5,10-12H2,1-3H3,(H,22,23). The Bertz CT molecular complexity index is 550. The van der Waals surface area contributed by atoms with Crippen LogP contribution in [0.5, 0.6) is 0 Å². The van der Waals surface area contributed by atoms with Crippen LogP contribution in [0, 0.1) is 11.8 Å². The first-order valence-corrected chi connectivity index (χ1v) is 8.49. The van der Waals surface area contributed by atoms with Crippen molar-refractivity contribution in [2.24, 2.45) is 11.8 Å². The molecule has 1 amide bonds. The molecule has 2 rings (SSSR count). The molecule has 1 heterocycles. The lowest BCUT2D eigenvalue weighted by Gasteiger charge is -2.32. The van der Waals surface area contributed by atoms with Crippen LogP contribution in [0.2, 0.25) is 0 Å². The van der Waals surface area contributed by atoms with E-state index in [0.29, 0.717) is 25.4 Å². The van der Waals surface area contributed by atoms with E-state index in [-0.39, 0.29) is 11.8 Å². The van der Waals surface area contributed by atoms with Crippen LogP contribution in [0.1, 0.15) is 50.7 Å². The second-order valence-electron chi connectivity index (χ2n) is 7.02. The Hall–Kier alpha value is -1.84. The molecule has 0 aliphatic carbocycles. The van der Waals surface area contributed by atoms with E-state index >= 15 is 0 Å². The predicted molar refractivity (Wildman–Crippen MR) is 90.3 cm³/mol. The maximum absolute atomic E-state index is 12.7. The van der Waals surface area contributed by atoms with E-state index in [2.05, 4.69) is 26.0 Å². The van der Waals surface area contributed by atoms with Crippen molar-refractivity contribution < 1.29 is 14.7 Å². The summed E-state index contributed by atoms with van der Waals surface area (Å²) in [5, 5.41) is 9.16. The Morgan fingerprint density at radius 3 is 2.43 bits per heavy atom. The minimum Gasteiger partial charge on any atom is -0.481 e. The van der Waals surface area contributed by atoms with Crippen LogP contribution < -0.4 is 0 Å². The van der Waals surface area contributed by atoms with Crippen molar-refractivity contribution in [2.45, 2.75) is 46.0 Å². The molecule has 1 aliphatic rings. The van der Waals surface area contributed by atoms with E-state index in [1.54, 1.807) is 4.90 Å². The van der Waals surface area contributed by atoms with E-state index in [1.165, 1.54) is 5.56 Å². The van der Waals surface area contributed by atoms with Crippen molar-refractivity contribution >= 4 is 11.9 Å². The maximum atomic E-state index is 12.7. The Morgan fingerprint density at radius 1 is 1.22 bits per heavy atom. The molecule has 1 N–H and O–H groups in total. The first kappa shape index (κ1) is 17.5. The zero-order valence-corrected chi connectivity index (χ0v) is 14.3. The normalized spacial score (nSPS) is 19.7. The van der Waals surface area contributed by atoms with E-state index in [1.807, 2.05) is 19.1 Å². The lowest BCUT2D eigenvalue weighted by atomic mass is 9.93. The van der Waals surface area contributed by atoms with Gasteiger partial charge in [0.15, 0.2) is 0 Å². The van der Waals surface area contributed by atoms with Crippen molar-refractivity contribution in [3.8, 4) is 0 Å². The van der Waals surface area contributed by atoms with Gasteiger partial charge in [-0.2, -0.15) is 0 Å². The highest BCUT2D eigenvalue weighted by atomic mass is 16.4. The van der Waals surface area contributed by atoms with Gasteiger partial charge >= 0.3 is 5.97 Å². The van der Waals surface area contributed by atoms with Crippen LogP contribution in [0.15, 0.2) is 24.3 Å². The summed E-state index contributed by atoms with van der Waals surface area (Å²) in [7, 11) is 0. The van der Waals surface area contributed by atoms with Crippen molar-refractivity contribution in [1.82, 2.24) is 4.90 Å². The summed E-state index contributed by atoms with van der Waals surface area (Å²) in [5.41, 5.74) is 2.28. The molecule has 0 bridgehead atoms.